The first kappa shape index (κ1) is 19.1. The lowest BCUT2D eigenvalue weighted by Gasteiger charge is -2.14. The molecule has 0 radical (unpaired) electrons. The summed E-state index contributed by atoms with van der Waals surface area (Å²) in [6.07, 6.45) is -0.563. The number of carbonyl (C=O) groups excluding carboxylic acids is 2. The third-order valence-corrected chi connectivity index (χ3v) is 3.92. The second kappa shape index (κ2) is 8.71. The van der Waals surface area contributed by atoms with Crippen molar-refractivity contribution in [3.05, 3.63) is 69.7 Å². The Balaban J connectivity index is 1.84. The first-order chi connectivity index (χ1) is 11.9. The molecule has 0 spiro atoms. The van der Waals surface area contributed by atoms with Gasteiger partial charge in [0.05, 0.1) is 5.56 Å². The SMILES string of the molecule is C[C@H](OC(=O)c1cc(Br)ccc1F)C(=O)NCCc1ccc(F)cc1. The van der Waals surface area contributed by atoms with E-state index in [9.17, 15) is 18.4 Å². The molecule has 1 N–H and O–H groups in total. The molecule has 132 valence electrons. The molecule has 0 aliphatic heterocycles. The second-order valence-electron chi connectivity index (χ2n) is 5.34. The summed E-state index contributed by atoms with van der Waals surface area (Å²) in [6.45, 7) is 1.71. The van der Waals surface area contributed by atoms with Crippen LogP contribution < -0.4 is 5.32 Å². The lowest BCUT2D eigenvalue weighted by molar-refractivity contribution is -0.129. The predicted octanol–water partition coefficient (Wildman–Crippen LogP) is 3.63. The summed E-state index contributed by atoms with van der Waals surface area (Å²) in [6, 6.07) is 9.81. The van der Waals surface area contributed by atoms with Gasteiger partial charge in [0.15, 0.2) is 6.10 Å². The van der Waals surface area contributed by atoms with Crippen molar-refractivity contribution in [3.8, 4) is 0 Å². The Bertz CT molecular complexity index is 765. The van der Waals surface area contributed by atoms with Crippen LogP contribution >= 0.6 is 15.9 Å². The zero-order valence-corrected chi connectivity index (χ0v) is 15.0. The maximum atomic E-state index is 13.6. The third kappa shape index (κ3) is 5.63. The molecular formula is C18H16BrF2NO3. The first-order valence-corrected chi connectivity index (χ1v) is 8.34. The number of amides is 1. The molecule has 2 aromatic carbocycles. The highest BCUT2D eigenvalue weighted by atomic mass is 79.9. The van der Waals surface area contributed by atoms with E-state index in [1.54, 1.807) is 12.1 Å². The molecule has 0 aromatic heterocycles. The van der Waals surface area contributed by atoms with Gasteiger partial charge in [-0.25, -0.2) is 13.6 Å². The van der Waals surface area contributed by atoms with Gasteiger partial charge in [0, 0.05) is 11.0 Å². The summed E-state index contributed by atoms with van der Waals surface area (Å²) in [7, 11) is 0. The Hall–Kier alpha value is -2.28. The largest absolute Gasteiger partial charge is 0.449 e. The van der Waals surface area contributed by atoms with Gasteiger partial charge in [-0.15, -0.1) is 0 Å². The Morgan fingerprint density at radius 3 is 2.52 bits per heavy atom. The van der Waals surface area contributed by atoms with Crippen LogP contribution in [-0.2, 0) is 16.0 Å². The van der Waals surface area contributed by atoms with Gasteiger partial charge in [-0.3, -0.25) is 4.79 Å². The summed E-state index contributed by atoms with van der Waals surface area (Å²) < 4.78 is 32.0. The quantitative estimate of drug-likeness (QED) is 0.738. The smallest absolute Gasteiger partial charge is 0.341 e. The number of halogens is 3. The van der Waals surface area contributed by atoms with Crippen molar-refractivity contribution in [2.45, 2.75) is 19.4 Å². The molecule has 0 saturated heterocycles. The number of benzene rings is 2. The van der Waals surface area contributed by atoms with E-state index >= 15 is 0 Å². The summed E-state index contributed by atoms with van der Waals surface area (Å²) in [5, 5.41) is 2.62. The average Bonchev–Trinajstić information content (AvgIpc) is 2.58. The highest BCUT2D eigenvalue weighted by molar-refractivity contribution is 9.10. The molecule has 0 fully saturated rings. The summed E-state index contributed by atoms with van der Waals surface area (Å²) in [5.41, 5.74) is 0.614. The minimum atomic E-state index is -1.07. The average molecular weight is 412 g/mol. The van der Waals surface area contributed by atoms with Crippen LogP contribution in [0.3, 0.4) is 0 Å². The van der Waals surface area contributed by atoms with Gasteiger partial charge in [-0.05, 0) is 49.2 Å². The highest BCUT2D eigenvalue weighted by Crippen LogP contribution is 2.17. The third-order valence-electron chi connectivity index (χ3n) is 3.43. The van der Waals surface area contributed by atoms with Crippen molar-refractivity contribution in [3.63, 3.8) is 0 Å². The minimum Gasteiger partial charge on any atom is -0.449 e. The molecule has 0 unspecified atom stereocenters. The lowest BCUT2D eigenvalue weighted by Crippen LogP contribution is -2.37. The number of rotatable bonds is 6. The molecule has 0 heterocycles. The number of carbonyl (C=O) groups is 2. The van der Waals surface area contributed by atoms with Crippen molar-refractivity contribution in [2.75, 3.05) is 6.54 Å². The van der Waals surface area contributed by atoms with Crippen LogP contribution in [0.1, 0.15) is 22.8 Å². The first-order valence-electron chi connectivity index (χ1n) is 7.55. The standard InChI is InChI=1S/C18H16BrF2NO3/c1-11(25-18(24)15-10-13(19)4-7-16(15)21)17(23)22-9-8-12-2-5-14(20)6-3-12/h2-7,10-11H,8-9H2,1H3,(H,22,23)/t11-/m0/s1. The zero-order chi connectivity index (χ0) is 18.4. The van der Waals surface area contributed by atoms with Gasteiger partial charge >= 0.3 is 5.97 Å². The number of hydrogen-bond donors (Lipinski definition) is 1. The van der Waals surface area contributed by atoms with E-state index in [-0.39, 0.29) is 11.4 Å². The predicted molar refractivity (Wildman–Crippen MR) is 92.1 cm³/mol. The normalized spacial score (nSPS) is 11.7. The fourth-order valence-corrected chi connectivity index (χ4v) is 2.42. The van der Waals surface area contributed by atoms with Gasteiger partial charge in [-0.1, -0.05) is 28.1 Å². The van der Waals surface area contributed by atoms with Gasteiger partial charge in [0.25, 0.3) is 5.91 Å². The van der Waals surface area contributed by atoms with Crippen LogP contribution in [0, 0.1) is 11.6 Å². The topological polar surface area (TPSA) is 55.4 Å². The Morgan fingerprint density at radius 1 is 1.16 bits per heavy atom. The maximum Gasteiger partial charge on any atom is 0.341 e. The fourth-order valence-electron chi connectivity index (χ4n) is 2.06. The van der Waals surface area contributed by atoms with Gasteiger partial charge in [-0.2, -0.15) is 0 Å². The van der Waals surface area contributed by atoms with Gasteiger partial charge < -0.3 is 10.1 Å². The van der Waals surface area contributed by atoms with E-state index in [1.807, 2.05) is 0 Å². The number of esters is 1. The van der Waals surface area contributed by atoms with E-state index in [0.29, 0.717) is 17.4 Å². The molecular weight excluding hydrogens is 396 g/mol. The Morgan fingerprint density at radius 2 is 1.84 bits per heavy atom. The summed E-state index contributed by atoms with van der Waals surface area (Å²) >= 11 is 3.14. The fraction of sp³-hybridized carbons (Fsp3) is 0.222. The van der Waals surface area contributed by atoms with Crippen LogP contribution in [-0.4, -0.2) is 24.5 Å². The number of ether oxygens (including phenoxy) is 1. The molecule has 0 bridgehead atoms. The highest BCUT2D eigenvalue weighted by Gasteiger charge is 2.21. The number of hydrogen-bond acceptors (Lipinski definition) is 3. The van der Waals surface area contributed by atoms with E-state index in [0.717, 1.165) is 11.6 Å². The monoisotopic (exact) mass is 411 g/mol. The van der Waals surface area contributed by atoms with Crippen LogP contribution in [0.4, 0.5) is 8.78 Å². The van der Waals surface area contributed by atoms with Crippen molar-refractivity contribution in [1.82, 2.24) is 5.32 Å². The van der Waals surface area contributed by atoms with Crippen LogP contribution in [0.5, 0.6) is 0 Å². The number of nitrogens with one attached hydrogen (secondary N) is 1. The Labute approximate surface area is 152 Å². The molecule has 2 aromatic rings. The van der Waals surface area contributed by atoms with Crippen molar-refractivity contribution in [2.24, 2.45) is 0 Å². The molecule has 0 aliphatic carbocycles. The van der Waals surface area contributed by atoms with Crippen molar-refractivity contribution in [1.29, 1.82) is 0 Å². The second-order valence-corrected chi connectivity index (χ2v) is 6.25. The van der Waals surface area contributed by atoms with E-state index in [4.69, 9.17) is 4.74 Å². The molecule has 25 heavy (non-hydrogen) atoms. The van der Waals surface area contributed by atoms with E-state index < -0.39 is 23.8 Å². The molecule has 0 aliphatic rings. The lowest BCUT2D eigenvalue weighted by atomic mass is 10.1. The van der Waals surface area contributed by atoms with E-state index in [1.165, 1.54) is 31.2 Å². The van der Waals surface area contributed by atoms with Gasteiger partial charge in [0.1, 0.15) is 11.6 Å². The molecule has 1 amide bonds. The summed E-state index contributed by atoms with van der Waals surface area (Å²) in [5.74, 6) is -2.46. The van der Waals surface area contributed by atoms with Crippen LogP contribution in [0.2, 0.25) is 0 Å². The molecule has 1 atom stereocenters. The molecule has 2 rings (SSSR count). The summed E-state index contributed by atoms with van der Waals surface area (Å²) in [4.78, 5) is 23.9. The zero-order valence-electron chi connectivity index (χ0n) is 13.4. The molecule has 4 nitrogen and oxygen atoms in total. The Kier molecular flexibility index (Phi) is 6.64. The van der Waals surface area contributed by atoms with Crippen molar-refractivity contribution >= 4 is 27.8 Å². The molecule has 0 saturated carbocycles. The van der Waals surface area contributed by atoms with Crippen LogP contribution in [0.25, 0.3) is 0 Å². The van der Waals surface area contributed by atoms with E-state index in [2.05, 4.69) is 21.2 Å². The maximum absolute atomic E-state index is 13.6. The van der Waals surface area contributed by atoms with Crippen molar-refractivity contribution < 1.29 is 23.1 Å². The molecule has 7 heteroatoms. The van der Waals surface area contributed by atoms with Gasteiger partial charge in [0.2, 0.25) is 0 Å². The minimum absolute atomic E-state index is 0.250. The van der Waals surface area contributed by atoms with Crippen LogP contribution in [0.15, 0.2) is 46.9 Å².